The summed E-state index contributed by atoms with van der Waals surface area (Å²) in [6.07, 6.45) is 0. The first kappa shape index (κ1) is 15.3. The summed E-state index contributed by atoms with van der Waals surface area (Å²) < 4.78 is 26.6. The number of aromatic nitrogens is 1. The van der Waals surface area contributed by atoms with Gasteiger partial charge in [0.1, 0.15) is 22.3 Å². The van der Waals surface area contributed by atoms with Gasteiger partial charge in [-0.1, -0.05) is 6.07 Å². The van der Waals surface area contributed by atoms with Gasteiger partial charge in [0.25, 0.3) is 5.91 Å². The van der Waals surface area contributed by atoms with Crippen LogP contribution in [0.4, 0.5) is 14.5 Å². The first-order valence-corrected chi connectivity index (χ1v) is 7.70. The molecule has 0 saturated heterocycles. The van der Waals surface area contributed by atoms with Gasteiger partial charge in [0.05, 0.1) is 5.69 Å². The van der Waals surface area contributed by atoms with Gasteiger partial charge in [0.2, 0.25) is 0 Å². The Labute approximate surface area is 135 Å². The zero-order chi connectivity index (χ0) is 16.4. The lowest BCUT2D eigenvalue weighted by atomic mass is 10.2. The predicted octanol–water partition coefficient (Wildman–Crippen LogP) is 4.65. The van der Waals surface area contributed by atoms with E-state index in [1.54, 1.807) is 29.6 Å². The SMILES string of the molecule is Cc1ccc(F)c(NC(=O)c2csc(-c3ccc(F)cc3)n2)c1. The summed E-state index contributed by atoms with van der Waals surface area (Å²) in [5, 5.41) is 4.69. The van der Waals surface area contributed by atoms with Gasteiger partial charge in [-0.3, -0.25) is 4.79 Å². The first-order chi connectivity index (χ1) is 11.0. The molecule has 0 atom stereocenters. The molecule has 0 aliphatic rings. The molecule has 1 N–H and O–H groups in total. The van der Waals surface area contributed by atoms with Crippen LogP contribution in [0.25, 0.3) is 10.6 Å². The smallest absolute Gasteiger partial charge is 0.275 e. The molecule has 3 nitrogen and oxygen atoms in total. The third-order valence-corrected chi connectivity index (χ3v) is 4.09. The molecule has 3 rings (SSSR count). The van der Waals surface area contributed by atoms with Gasteiger partial charge in [0.15, 0.2) is 0 Å². The minimum Gasteiger partial charge on any atom is -0.318 e. The topological polar surface area (TPSA) is 42.0 Å². The summed E-state index contributed by atoms with van der Waals surface area (Å²) >= 11 is 1.27. The summed E-state index contributed by atoms with van der Waals surface area (Å²) in [5.74, 6) is -1.32. The second-order valence-electron chi connectivity index (χ2n) is 4.98. The second kappa shape index (κ2) is 6.26. The number of nitrogens with zero attached hydrogens (tertiary/aromatic N) is 1. The Balaban J connectivity index is 1.81. The maximum Gasteiger partial charge on any atom is 0.275 e. The number of anilines is 1. The summed E-state index contributed by atoms with van der Waals surface area (Å²) in [6.45, 7) is 1.81. The van der Waals surface area contributed by atoms with E-state index in [2.05, 4.69) is 10.3 Å². The quantitative estimate of drug-likeness (QED) is 0.759. The van der Waals surface area contributed by atoms with Crippen molar-refractivity contribution in [3.63, 3.8) is 0 Å². The van der Waals surface area contributed by atoms with E-state index in [1.165, 1.54) is 29.5 Å². The third kappa shape index (κ3) is 3.43. The molecular formula is C17H12F2N2OS. The maximum atomic E-state index is 13.7. The van der Waals surface area contributed by atoms with Crippen LogP contribution in [0, 0.1) is 18.6 Å². The Hall–Kier alpha value is -2.60. The van der Waals surface area contributed by atoms with E-state index in [0.29, 0.717) is 5.01 Å². The monoisotopic (exact) mass is 330 g/mol. The Morgan fingerprint density at radius 1 is 1.13 bits per heavy atom. The predicted molar refractivity (Wildman–Crippen MR) is 86.6 cm³/mol. The Bertz CT molecular complexity index is 859. The number of hydrogen-bond donors (Lipinski definition) is 1. The van der Waals surface area contributed by atoms with Crippen LogP contribution in [0.2, 0.25) is 0 Å². The third-order valence-electron chi connectivity index (χ3n) is 3.20. The molecule has 2 aromatic carbocycles. The number of hydrogen-bond acceptors (Lipinski definition) is 3. The van der Waals surface area contributed by atoms with Crippen LogP contribution in [0.1, 0.15) is 16.1 Å². The molecule has 1 aromatic heterocycles. The maximum absolute atomic E-state index is 13.7. The van der Waals surface area contributed by atoms with Gasteiger partial charge in [-0.25, -0.2) is 13.8 Å². The molecule has 0 radical (unpaired) electrons. The van der Waals surface area contributed by atoms with Gasteiger partial charge in [0, 0.05) is 10.9 Å². The van der Waals surface area contributed by atoms with Gasteiger partial charge >= 0.3 is 0 Å². The number of amides is 1. The van der Waals surface area contributed by atoms with Crippen molar-refractivity contribution in [2.45, 2.75) is 6.92 Å². The molecule has 1 amide bonds. The largest absolute Gasteiger partial charge is 0.318 e. The van der Waals surface area contributed by atoms with Crippen molar-refractivity contribution in [3.8, 4) is 10.6 Å². The molecule has 0 bridgehead atoms. The minimum absolute atomic E-state index is 0.117. The van der Waals surface area contributed by atoms with Gasteiger partial charge in [-0.2, -0.15) is 0 Å². The van der Waals surface area contributed by atoms with Gasteiger partial charge < -0.3 is 5.32 Å². The second-order valence-corrected chi connectivity index (χ2v) is 5.84. The van der Waals surface area contributed by atoms with E-state index < -0.39 is 11.7 Å². The molecule has 0 fully saturated rings. The number of nitrogens with one attached hydrogen (secondary N) is 1. The van der Waals surface area contributed by atoms with E-state index >= 15 is 0 Å². The molecule has 0 aliphatic carbocycles. The summed E-state index contributed by atoms with van der Waals surface area (Å²) in [5.41, 5.74) is 1.87. The van der Waals surface area contributed by atoms with Crippen molar-refractivity contribution in [1.29, 1.82) is 0 Å². The van der Waals surface area contributed by atoms with Crippen molar-refractivity contribution in [3.05, 3.63) is 70.7 Å². The van der Waals surface area contributed by atoms with Crippen LogP contribution < -0.4 is 5.32 Å². The van der Waals surface area contributed by atoms with Crippen molar-refractivity contribution in [1.82, 2.24) is 4.98 Å². The Morgan fingerprint density at radius 3 is 2.61 bits per heavy atom. The average Bonchev–Trinajstić information content (AvgIpc) is 3.02. The fourth-order valence-corrected chi connectivity index (χ4v) is 2.83. The van der Waals surface area contributed by atoms with Gasteiger partial charge in [-0.05, 0) is 48.9 Å². The lowest BCUT2D eigenvalue weighted by Gasteiger charge is -2.05. The van der Waals surface area contributed by atoms with E-state index in [0.717, 1.165) is 11.1 Å². The van der Waals surface area contributed by atoms with Crippen molar-refractivity contribution in [2.24, 2.45) is 0 Å². The molecule has 6 heteroatoms. The van der Waals surface area contributed by atoms with E-state index in [9.17, 15) is 13.6 Å². The van der Waals surface area contributed by atoms with Crippen LogP contribution in [0.3, 0.4) is 0 Å². The fraction of sp³-hybridized carbons (Fsp3) is 0.0588. The lowest BCUT2D eigenvalue weighted by Crippen LogP contribution is -2.13. The molecule has 0 unspecified atom stereocenters. The highest BCUT2D eigenvalue weighted by atomic mass is 32.1. The highest BCUT2D eigenvalue weighted by Gasteiger charge is 2.14. The molecule has 0 aliphatic heterocycles. The highest BCUT2D eigenvalue weighted by Crippen LogP contribution is 2.24. The van der Waals surface area contributed by atoms with Crippen LogP contribution in [-0.4, -0.2) is 10.9 Å². The van der Waals surface area contributed by atoms with E-state index in [4.69, 9.17) is 0 Å². The molecule has 3 aromatic rings. The zero-order valence-corrected chi connectivity index (χ0v) is 13.0. The van der Waals surface area contributed by atoms with Gasteiger partial charge in [-0.15, -0.1) is 11.3 Å². The number of aryl methyl sites for hydroxylation is 1. The number of halogens is 2. The van der Waals surface area contributed by atoms with Crippen molar-refractivity contribution >= 4 is 22.9 Å². The van der Waals surface area contributed by atoms with Crippen LogP contribution >= 0.6 is 11.3 Å². The number of carbonyl (C=O) groups excluding carboxylic acids is 1. The fourth-order valence-electron chi connectivity index (χ4n) is 2.02. The number of thiazole rings is 1. The molecule has 0 spiro atoms. The minimum atomic E-state index is -0.502. The molecule has 116 valence electrons. The standard InChI is InChI=1S/C17H12F2N2OS/c1-10-2-7-13(19)14(8-10)20-16(22)15-9-23-17(21-15)11-3-5-12(18)6-4-11/h2-9H,1H3,(H,20,22). The average molecular weight is 330 g/mol. The lowest BCUT2D eigenvalue weighted by molar-refractivity contribution is 0.102. The molecule has 0 saturated carbocycles. The van der Waals surface area contributed by atoms with Crippen molar-refractivity contribution in [2.75, 3.05) is 5.32 Å². The summed E-state index contributed by atoms with van der Waals surface area (Å²) in [4.78, 5) is 16.4. The number of rotatable bonds is 3. The van der Waals surface area contributed by atoms with E-state index in [1.807, 2.05) is 6.92 Å². The van der Waals surface area contributed by atoms with Crippen LogP contribution in [0.5, 0.6) is 0 Å². The molecular weight excluding hydrogens is 318 g/mol. The number of carbonyl (C=O) groups is 1. The summed E-state index contributed by atoms with van der Waals surface area (Å²) in [6, 6.07) is 10.3. The van der Waals surface area contributed by atoms with Crippen LogP contribution in [-0.2, 0) is 0 Å². The molecule has 23 heavy (non-hydrogen) atoms. The highest BCUT2D eigenvalue weighted by molar-refractivity contribution is 7.13. The molecule has 1 heterocycles. The normalized spacial score (nSPS) is 10.6. The van der Waals surface area contributed by atoms with Crippen LogP contribution in [0.15, 0.2) is 47.8 Å². The van der Waals surface area contributed by atoms with E-state index in [-0.39, 0.29) is 17.2 Å². The first-order valence-electron chi connectivity index (χ1n) is 6.82. The summed E-state index contributed by atoms with van der Waals surface area (Å²) in [7, 11) is 0. The Morgan fingerprint density at radius 2 is 1.87 bits per heavy atom. The number of benzene rings is 2. The Kier molecular flexibility index (Phi) is 4.16. The van der Waals surface area contributed by atoms with Crippen molar-refractivity contribution < 1.29 is 13.6 Å². The zero-order valence-electron chi connectivity index (χ0n) is 12.1.